The molecule has 0 fully saturated rings. The Kier molecular flexibility index (Phi) is 10.6. The molecule has 39 heavy (non-hydrogen) atoms. The molecule has 2 atom stereocenters. The summed E-state index contributed by atoms with van der Waals surface area (Å²) in [6.45, 7) is 11.4. The predicted octanol–water partition coefficient (Wildman–Crippen LogP) is 9.59. The van der Waals surface area contributed by atoms with Crippen LogP contribution in [-0.2, 0) is 18.0 Å². The SMILES string of the molecule is CCC(C)COc1ccccc1-c1ccc(COCc2ccc(-c3ccccc3OCC(C)CC)cc2)cc1. The van der Waals surface area contributed by atoms with Gasteiger partial charge in [0.25, 0.3) is 0 Å². The number of hydrogen-bond donors (Lipinski definition) is 0. The van der Waals surface area contributed by atoms with Gasteiger partial charge in [-0.1, -0.05) is 125 Å². The summed E-state index contributed by atoms with van der Waals surface area (Å²) < 4.78 is 18.3. The summed E-state index contributed by atoms with van der Waals surface area (Å²) in [4.78, 5) is 0. The van der Waals surface area contributed by atoms with Crippen molar-refractivity contribution in [3.63, 3.8) is 0 Å². The van der Waals surface area contributed by atoms with Gasteiger partial charge in [0.05, 0.1) is 26.4 Å². The molecule has 0 radical (unpaired) electrons. The van der Waals surface area contributed by atoms with Crippen LogP contribution in [0.5, 0.6) is 11.5 Å². The molecule has 3 nitrogen and oxygen atoms in total. The molecule has 0 aliphatic heterocycles. The third-order valence-corrected chi connectivity index (χ3v) is 7.28. The van der Waals surface area contributed by atoms with E-state index in [-0.39, 0.29) is 0 Å². The zero-order chi connectivity index (χ0) is 27.5. The molecular weight excluding hydrogens is 480 g/mol. The van der Waals surface area contributed by atoms with Crippen LogP contribution in [0.1, 0.15) is 51.7 Å². The molecule has 0 heterocycles. The maximum Gasteiger partial charge on any atom is 0.127 e. The average Bonchev–Trinajstić information content (AvgIpc) is 2.99. The van der Waals surface area contributed by atoms with Gasteiger partial charge in [-0.25, -0.2) is 0 Å². The molecule has 2 unspecified atom stereocenters. The summed E-state index contributed by atoms with van der Waals surface area (Å²) >= 11 is 0. The van der Waals surface area contributed by atoms with Crippen LogP contribution in [-0.4, -0.2) is 13.2 Å². The van der Waals surface area contributed by atoms with Crippen molar-refractivity contribution in [2.45, 2.75) is 53.8 Å². The highest BCUT2D eigenvalue weighted by atomic mass is 16.5. The van der Waals surface area contributed by atoms with Crippen molar-refractivity contribution in [3.05, 3.63) is 108 Å². The molecule has 0 saturated carbocycles. The molecule has 3 heteroatoms. The molecule has 0 N–H and O–H groups in total. The van der Waals surface area contributed by atoms with E-state index < -0.39 is 0 Å². The zero-order valence-electron chi connectivity index (χ0n) is 23.9. The zero-order valence-corrected chi connectivity index (χ0v) is 23.9. The van der Waals surface area contributed by atoms with Gasteiger partial charge >= 0.3 is 0 Å². The van der Waals surface area contributed by atoms with E-state index in [0.717, 1.165) is 70.9 Å². The van der Waals surface area contributed by atoms with Gasteiger partial charge in [-0.2, -0.15) is 0 Å². The summed E-state index contributed by atoms with van der Waals surface area (Å²) in [6.07, 6.45) is 2.23. The highest BCUT2D eigenvalue weighted by Crippen LogP contribution is 2.32. The molecule has 4 aromatic carbocycles. The van der Waals surface area contributed by atoms with Crippen LogP contribution < -0.4 is 9.47 Å². The van der Waals surface area contributed by atoms with Crippen LogP contribution in [0.3, 0.4) is 0 Å². The molecule has 4 aromatic rings. The molecule has 4 rings (SSSR count). The topological polar surface area (TPSA) is 27.7 Å². The van der Waals surface area contributed by atoms with Crippen molar-refractivity contribution in [1.82, 2.24) is 0 Å². The van der Waals surface area contributed by atoms with Crippen LogP contribution in [0.15, 0.2) is 97.1 Å². The van der Waals surface area contributed by atoms with E-state index in [0.29, 0.717) is 25.0 Å². The molecule has 0 saturated heterocycles. The smallest absolute Gasteiger partial charge is 0.127 e. The predicted molar refractivity (Wildman–Crippen MR) is 162 cm³/mol. The minimum atomic E-state index is 0.540. The molecule has 0 spiro atoms. The Morgan fingerprint density at radius 3 is 1.28 bits per heavy atom. The van der Waals surface area contributed by atoms with Crippen molar-refractivity contribution >= 4 is 0 Å². The Balaban J connectivity index is 1.32. The Hall–Kier alpha value is -3.56. The van der Waals surface area contributed by atoms with Gasteiger partial charge in [-0.3, -0.25) is 0 Å². The van der Waals surface area contributed by atoms with Crippen LogP contribution in [0, 0.1) is 11.8 Å². The van der Waals surface area contributed by atoms with E-state index in [1.807, 2.05) is 12.1 Å². The minimum Gasteiger partial charge on any atom is -0.493 e. The Labute approximate surface area is 234 Å². The Bertz CT molecular complexity index is 1180. The molecule has 0 aliphatic rings. The van der Waals surface area contributed by atoms with Crippen LogP contribution in [0.2, 0.25) is 0 Å². The number of para-hydroxylation sites is 2. The molecule has 0 aliphatic carbocycles. The van der Waals surface area contributed by atoms with Crippen LogP contribution >= 0.6 is 0 Å². The normalized spacial score (nSPS) is 12.6. The second-order valence-electron chi connectivity index (χ2n) is 10.5. The molecule has 204 valence electrons. The van der Waals surface area contributed by atoms with Gasteiger partial charge in [0.1, 0.15) is 11.5 Å². The molecule has 0 bridgehead atoms. The highest BCUT2D eigenvalue weighted by Gasteiger charge is 2.09. The van der Waals surface area contributed by atoms with Crippen molar-refractivity contribution in [3.8, 4) is 33.8 Å². The van der Waals surface area contributed by atoms with Crippen LogP contribution in [0.25, 0.3) is 22.3 Å². The lowest BCUT2D eigenvalue weighted by Gasteiger charge is -2.15. The minimum absolute atomic E-state index is 0.540. The second-order valence-corrected chi connectivity index (χ2v) is 10.5. The second kappa shape index (κ2) is 14.6. The fraction of sp³-hybridized carbons (Fsp3) is 0.333. The molecular formula is C36H42O3. The van der Waals surface area contributed by atoms with E-state index >= 15 is 0 Å². The van der Waals surface area contributed by atoms with Gasteiger partial charge < -0.3 is 14.2 Å². The van der Waals surface area contributed by atoms with Gasteiger partial charge in [0.15, 0.2) is 0 Å². The van der Waals surface area contributed by atoms with Gasteiger partial charge in [0.2, 0.25) is 0 Å². The lowest BCUT2D eigenvalue weighted by molar-refractivity contribution is 0.107. The van der Waals surface area contributed by atoms with E-state index in [1.165, 1.54) is 0 Å². The van der Waals surface area contributed by atoms with Gasteiger partial charge in [-0.15, -0.1) is 0 Å². The third-order valence-electron chi connectivity index (χ3n) is 7.28. The van der Waals surface area contributed by atoms with Gasteiger partial charge in [-0.05, 0) is 46.2 Å². The van der Waals surface area contributed by atoms with Gasteiger partial charge in [0, 0.05) is 11.1 Å². The quantitative estimate of drug-likeness (QED) is 0.165. The standard InChI is InChI=1S/C36H42O3/c1-5-27(3)23-38-35-13-9-7-11-33(35)31-19-15-29(16-20-31)25-37-26-30-17-21-32(22-18-30)34-12-8-10-14-36(34)39-24-28(4)6-2/h7-22,27-28H,5-6,23-26H2,1-4H3. The summed E-state index contributed by atoms with van der Waals surface area (Å²) in [6, 6.07) is 33.7. The van der Waals surface area contributed by atoms with Crippen molar-refractivity contribution in [2.75, 3.05) is 13.2 Å². The Morgan fingerprint density at radius 1 is 0.513 bits per heavy atom. The summed E-state index contributed by atoms with van der Waals surface area (Å²) in [5, 5.41) is 0. The summed E-state index contributed by atoms with van der Waals surface area (Å²) in [5.41, 5.74) is 6.87. The summed E-state index contributed by atoms with van der Waals surface area (Å²) in [7, 11) is 0. The fourth-order valence-corrected chi connectivity index (χ4v) is 4.21. The first kappa shape index (κ1) is 28.4. The maximum absolute atomic E-state index is 6.13. The van der Waals surface area contributed by atoms with E-state index in [2.05, 4.69) is 113 Å². The number of ether oxygens (including phenoxy) is 3. The maximum atomic E-state index is 6.13. The Morgan fingerprint density at radius 2 is 0.897 bits per heavy atom. The molecule has 0 aromatic heterocycles. The third kappa shape index (κ3) is 8.21. The fourth-order valence-electron chi connectivity index (χ4n) is 4.21. The average molecular weight is 523 g/mol. The lowest BCUT2D eigenvalue weighted by Crippen LogP contribution is -2.07. The van der Waals surface area contributed by atoms with E-state index in [4.69, 9.17) is 14.2 Å². The van der Waals surface area contributed by atoms with E-state index in [1.54, 1.807) is 0 Å². The first-order valence-corrected chi connectivity index (χ1v) is 14.3. The number of rotatable bonds is 14. The summed E-state index contributed by atoms with van der Waals surface area (Å²) in [5.74, 6) is 2.96. The molecule has 0 amide bonds. The number of hydrogen-bond acceptors (Lipinski definition) is 3. The van der Waals surface area contributed by atoms with Crippen molar-refractivity contribution in [2.24, 2.45) is 11.8 Å². The first-order chi connectivity index (χ1) is 19.1. The van der Waals surface area contributed by atoms with Crippen molar-refractivity contribution < 1.29 is 14.2 Å². The van der Waals surface area contributed by atoms with E-state index in [9.17, 15) is 0 Å². The monoisotopic (exact) mass is 522 g/mol. The van der Waals surface area contributed by atoms with Crippen LogP contribution in [0.4, 0.5) is 0 Å². The lowest BCUT2D eigenvalue weighted by atomic mass is 10.0. The largest absolute Gasteiger partial charge is 0.493 e. The highest BCUT2D eigenvalue weighted by molar-refractivity contribution is 5.71. The number of benzene rings is 4. The first-order valence-electron chi connectivity index (χ1n) is 14.3. The van der Waals surface area contributed by atoms with Crippen molar-refractivity contribution in [1.29, 1.82) is 0 Å².